The largest absolute Gasteiger partial charge is 0.494 e. The summed E-state index contributed by atoms with van der Waals surface area (Å²) in [5, 5.41) is 4.54. The second-order valence-electron chi connectivity index (χ2n) is 7.23. The molecule has 31 heavy (non-hydrogen) atoms. The van der Waals surface area contributed by atoms with E-state index in [1.165, 1.54) is 75.5 Å². The van der Waals surface area contributed by atoms with Crippen molar-refractivity contribution in [3.63, 3.8) is 0 Å². The molecule has 0 saturated heterocycles. The summed E-state index contributed by atoms with van der Waals surface area (Å²) in [5.41, 5.74) is 6.52. The summed E-state index contributed by atoms with van der Waals surface area (Å²) >= 11 is 0. The molecule has 0 amide bonds. The number of hydrogen-bond donors (Lipinski definition) is 1. The van der Waals surface area contributed by atoms with E-state index < -0.39 is 0 Å². The molecule has 0 aliphatic carbocycles. The van der Waals surface area contributed by atoms with E-state index in [0.29, 0.717) is 13.2 Å². The maximum absolute atomic E-state index is 5.61. The zero-order valence-corrected chi connectivity index (χ0v) is 19.0. The van der Waals surface area contributed by atoms with Crippen LogP contribution in [0, 0.1) is 0 Å². The summed E-state index contributed by atoms with van der Waals surface area (Å²) < 4.78 is 16.0. The van der Waals surface area contributed by atoms with Crippen LogP contribution in [0.5, 0.6) is 5.75 Å². The van der Waals surface area contributed by atoms with Crippen LogP contribution in [0.4, 0.5) is 0 Å². The number of nitrogens with two attached hydrogens (primary N) is 1. The summed E-state index contributed by atoms with van der Waals surface area (Å²) in [5.74, 6) is 0.807. The van der Waals surface area contributed by atoms with Gasteiger partial charge in [0.2, 0.25) is 0 Å². The summed E-state index contributed by atoms with van der Waals surface area (Å²) in [6.07, 6.45) is 15.6. The number of ether oxygens (including phenoxy) is 3. The lowest BCUT2D eigenvalue weighted by molar-refractivity contribution is -0.490. The van der Waals surface area contributed by atoms with Gasteiger partial charge in [-0.2, -0.15) is 4.89 Å². The molecule has 0 fully saturated rings. The van der Waals surface area contributed by atoms with E-state index >= 15 is 0 Å². The zero-order chi connectivity index (χ0) is 22.4. The molecule has 0 aliphatic heterocycles. The summed E-state index contributed by atoms with van der Waals surface area (Å²) in [4.78, 5) is 9.54. The van der Waals surface area contributed by atoms with Crippen molar-refractivity contribution >= 4 is 0 Å². The molecule has 7 heteroatoms. The van der Waals surface area contributed by atoms with Gasteiger partial charge >= 0.3 is 0 Å². The van der Waals surface area contributed by atoms with Crippen LogP contribution in [-0.4, -0.2) is 25.9 Å². The van der Waals surface area contributed by atoms with E-state index in [1.807, 2.05) is 19.1 Å². The molecule has 1 unspecified atom stereocenters. The minimum absolute atomic E-state index is 0.131. The molecular formula is C24H39NO6. The first-order valence-electron chi connectivity index (χ1n) is 11.2. The third kappa shape index (κ3) is 16.0. The first-order chi connectivity index (χ1) is 15.3. The van der Waals surface area contributed by atoms with E-state index in [-0.39, 0.29) is 12.7 Å². The van der Waals surface area contributed by atoms with Crippen molar-refractivity contribution < 1.29 is 29.0 Å². The van der Waals surface area contributed by atoms with Crippen molar-refractivity contribution in [2.24, 2.45) is 5.73 Å². The molecule has 0 radical (unpaired) electrons. The van der Waals surface area contributed by atoms with Crippen LogP contribution in [0.1, 0.15) is 64.4 Å². The van der Waals surface area contributed by atoms with Crippen LogP contribution in [0.3, 0.4) is 0 Å². The van der Waals surface area contributed by atoms with Crippen LogP contribution in [0.2, 0.25) is 0 Å². The molecule has 0 saturated carbocycles. The molecule has 0 heterocycles. The van der Waals surface area contributed by atoms with Gasteiger partial charge in [-0.15, -0.1) is 0 Å². The Hall–Kier alpha value is -2.38. The van der Waals surface area contributed by atoms with E-state index in [4.69, 9.17) is 24.8 Å². The molecule has 0 aromatic heterocycles. The molecular weight excluding hydrogens is 398 g/mol. The Morgan fingerprint density at radius 2 is 1.65 bits per heavy atom. The Balaban J connectivity index is 1.97. The summed E-state index contributed by atoms with van der Waals surface area (Å²) in [7, 11) is 0. The highest BCUT2D eigenvalue weighted by molar-refractivity contribution is 5.27. The number of benzene rings is 1. The van der Waals surface area contributed by atoms with Gasteiger partial charge in [0.15, 0.2) is 6.26 Å². The van der Waals surface area contributed by atoms with Crippen LogP contribution in [0.25, 0.3) is 0 Å². The molecule has 0 bridgehead atoms. The van der Waals surface area contributed by atoms with Gasteiger partial charge < -0.3 is 24.8 Å². The predicted octanol–water partition coefficient (Wildman–Crippen LogP) is 5.56. The molecule has 1 aromatic rings. The van der Waals surface area contributed by atoms with Crippen molar-refractivity contribution in [3.8, 4) is 5.75 Å². The Morgan fingerprint density at radius 3 is 2.39 bits per heavy atom. The minimum Gasteiger partial charge on any atom is -0.494 e. The first-order valence-corrected chi connectivity index (χ1v) is 11.2. The van der Waals surface area contributed by atoms with Gasteiger partial charge in [0.25, 0.3) is 0 Å². The van der Waals surface area contributed by atoms with Gasteiger partial charge in [-0.1, -0.05) is 57.6 Å². The Kier molecular flexibility index (Phi) is 16.8. The van der Waals surface area contributed by atoms with Crippen molar-refractivity contribution in [1.82, 2.24) is 0 Å². The highest BCUT2D eigenvalue weighted by Gasteiger charge is 1.99. The van der Waals surface area contributed by atoms with Crippen molar-refractivity contribution in [1.29, 1.82) is 0 Å². The SMILES string of the molecule is CCCCCCCCCc1ccc(OCCOOO/C=C\OCC(C)O/C=C\N)cc1. The van der Waals surface area contributed by atoms with Crippen molar-refractivity contribution in [2.45, 2.75) is 71.3 Å². The van der Waals surface area contributed by atoms with Gasteiger partial charge in [-0.05, 0) is 42.5 Å². The van der Waals surface area contributed by atoms with Crippen LogP contribution in [0.15, 0.2) is 49.3 Å². The standard InChI is InChI=1S/C24H39NO6/c1-3-4-5-6-7-8-9-10-23-11-13-24(14-12-23)28-18-20-30-31-29-19-17-26-21-22(2)27-16-15-25/h11-17,19,22H,3-10,18,20-21,25H2,1-2H3/b16-15-,19-17-. The van der Waals surface area contributed by atoms with Crippen LogP contribution < -0.4 is 10.5 Å². The highest BCUT2D eigenvalue weighted by atomic mass is 17.5. The fourth-order valence-corrected chi connectivity index (χ4v) is 2.79. The lowest BCUT2D eigenvalue weighted by Gasteiger charge is -2.09. The number of rotatable bonds is 20. The average Bonchev–Trinajstić information content (AvgIpc) is 2.79. The summed E-state index contributed by atoms with van der Waals surface area (Å²) in [6.45, 7) is 5.02. The van der Waals surface area contributed by atoms with Crippen molar-refractivity contribution in [3.05, 3.63) is 54.8 Å². The molecule has 0 spiro atoms. The quantitative estimate of drug-likeness (QED) is 0.124. The molecule has 2 N–H and O–H groups in total. The third-order valence-electron chi connectivity index (χ3n) is 4.44. The maximum atomic E-state index is 5.61. The lowest BCUT2D eigenvalue weighted by atomic mass is 10.0. The lowest BCUT2D eigenvalue weighted by Crippen LogP contribution is -2.11. The van der Waals surface area contributed by atoms with Gasteiger partial charge in [0.1, 0.15) is 37.9 Å². The smallest absolute Gasteiger partial charge is 0.167 e. The molecule has 1 rings (SSSR count). The predicted molar refractivity (Wildman–Crippen MR) is 121 cm³/mol. The second-order valence-corrected chi connectivity index (χ2v) is 7.23. The van der Waals surface area contributed by atoms with E-state index in [9.17, 15) is 0 Å². The van der Waals surface area contributed by atoms with Gasteiger partial charge in [0.05, 0.1) is 6.26 Å². The van der Waals surface area contributed by atoms with E-state index in [2.05, 4.69) is 29.0 Å². The van der Waals surface area contributed by atoms with Crippen LogP contribution >= 0.6 is 0 Å². The van der Waals surface area contributed by atoms with Gasteiger partial charge in [0, 0.05) is 6.20 Å². The maximum Gasteiger partial charge on any atom is 0.167 e. The Morgan fingerprint density at radius 1 is 0.903 bits per heavy atom. The van der Waals surface area contributed by atoms with Crippen molar-refractivity contribution in [2.75, 3.05) is 19.8 Å². The van der Waals surface area contributed by atoms with Crippen LogP contribution in [-0.2, 0) is 30.7 Å². The number of aryl methyl sites for hydroxylation is 1. The highest BCUT2D eigenvalue weighted by Crippen LogP contribution is 2.15. The normalized spacial score (nSPS) is 12.3. The minimum atomic E-state index is -0.131. The topological polar surface area (TPSA) is 81.4 Å². The second kappa shape index (κ2) is 19.6. The first kappa shape index (κ1) is 26.7. The average molecular weight is 438 g/mol. The van der Waals surface area contributed by atoms with E-state index in [0.717, 1.165) is 12.2 Å². The van der Waals surface area contributed by atoms with E-state index in [1.54, 1.807) is 0 Å². The molecule has 7 nitrogen and oxygen atoms in total. The fourth-order valence-electron chi connectivity index (χ4n) is 2.79. The molecule has 1 aromatic carbocycles. The number of hydrogen-bond acceptors (Lipinski definition) is 7. The Labute approximate surface area is 187 Å². The third-order valence-corrected chi connectivity index (χ3v) is 4.44. The zero-order valence-electron chi connectivity index (χ0n) is 19.0. The molecule has 0 aliphatic rings. The van der Waals surface area contributed by atoms with Gasteiger partial charge in [-0.3, -0.25) is 0 Å². The monoisotopic (exact) mass is 437 g/mol. The number of unbranched alkanes of at least 4 members (excludes halogenated alkanes) is 6. The molecule has 1 atom stereocenters. The molecule has 176 valence electrons. The Bertz CT molecular complexity index is 576. The summed E-state index contributed by atoms with van der Waals surface area (Å²) in [6, 6.07) is 8.22. The fraction of sp³-hybridized carbons (Fsp3) is 0.583. The van der Waals surface area contributed by atoms with Gasteiger partial charge in [-0.25, -0.2) is 0 Å².